The van der Waals surface area contributed by atoms with Crippen LogP contribution < -0.4 is 0 Å². The van der Waals surface area contributed by atoms with Gasteiger partial charge in [-0.3, -0.25) is 0 Å². The van der Waals surface area contributed by atoms with Crippen molar-refractivity contribution in [1.29, 1.82) is 0 Å². The van der Waals surface area contributed by atoms with Gasteiger partial charge in [0.15, 0.2) is 12.2 Å². The van der Waals surface area contributed by atoms with Crippen LogP contribution in [0, 0.1) is 0 Å². The molecule has 0 heterocycles. The van der Waals surface area contributed by atoms with Crippen molar-refractivity contribution in [3.63, 3.8) is 0 Å². The van der Waals surface area contributed by atoms with Crippen LogP contribution >= 0.6 is 0 Å². The third-order valence-electron chi connectivity index (χ3n) is 6.27. The van der Waals surface area contributed by atoms with Gasteiger partial charge in [0.1, 0.15) is 0 Å². The quantitative estimate of drug-likeness (QED) is 0.111. The zero-order valence-corrected chi connectivity index (χ0v) is 22.2. The summed E-state index contributed by atoms with van der Waals surface area (Å²) >= 11 is 0. The van der Waals surface area contributed by atoms with Crippen LogP contribution in [0.1, 0.15) is 142 Å². The number of carbonyl (C=O) groups is 2. The summed E-state index contributed by atoms with van der Waals surface area (Å²) in [4.78, 5) is 23.7. The maximum absolute atomic E-state index is 11.9. The summed E-state index contributed by atoms with van der Waals surface area (Å²) in [6, 6.07) is 0. The Balaban J connectivity index is 3.63. The first-order chi connectivity index (χ1) is 16.5. The Kier molecular flexibility index (Phi) is 24.1. The predicted octanol–water partition coefficient (Wildman–Crippen LogP) is 6.64. The number of ether oxygens (including phenoxy) is 2. The standard InChI is InChI=1S/C28H54O6/c1-3-5-7-9-11-13-15-17-19-21-23-33-27(31)25(29)26(30)28(32)34-24-22-20-18-16-14-12-10-8-6-4-2/h25-26,29-30H,3-24H2,1-2H3/t25-,26+. The van der Waals surface area contributed by atoms with E-state index in [0.29, 0.717) is 12.8 Å². The molecule has 2 N–H and O–H groups in total. The van der Waals surface area contributed by atoms with Crippen LogP contribution in [-0.4, -0.2) is 47.6 Å². The maximum atomic E-state index is 11.9. The van der Waals surface area contributed by atoms with Crippen LogP contribution in [0.4, 0.5) is 0 Å². The van der Waals surface area contributed by atoms with Gasteiger partial charge in [-0.05, 0) is 12.8 Å². The molecular formula is C28H54O6. The van der Waals surface area contributed by atoms with Crippen molar-refractivity contribution >= 4 is 11.9 Å². The summed E-state index contributed by atoms with van der Waals surface area (Å²) in [5.41, 5.74) is 0. The summed E-state index contributed by atoms with van der Waals surface area (Å²) in [6.07, 6.45) is 19.6. The number of hydrogen-bond acceptors (Lipinski definition) is 6. The largest absolute Gasteiger partial charge is 0.464 e. The normalized spacial score (nSPS) is 12.9. The number of rotatable bonds is 25. The number of carbonyl (C=O) groups excluding carboxylic acids is 2. The third kappa shape index (κ3) is 20.3. The summed E-state index contributed by atoms with van der Waals surface area (Å²) in [7, 11) is 0. The Morgan fingerprint density at radius 3 is 0.971 bits per heavy atom. The minimum absolute atomic E-state index is 0.187. The molecule has 0 aromatic rings. The minimum Gasteiger partial charge on any atom is -0.464 e. The highest BCUT2D eigenvalue weighted by molar-refractivity contribution is 5.85. The molecule has 0 saturated heterocycles. The number of unbranched alkanes of at least 4 members (excludes halogenated alkanes) is 18. The maximum Gasteiger partial charge on any atom is 0.338 e. The second-order valence-corrected chi connectivity index (χ2v) is 9.59. The lowest BCUT2D eigenvalue weighted by Gasteiger charge is -2.16. The molecule has 0 bridgehead atoms. The minimum atomic E-state index is -1.90. The van der Waals surface area contributed by atoms with Gasteiger partial charge in [0.05, 0.1) is 13.2 Å². The van der Waals surface area contributed by atoms with Crippen LogP contribution in [0.5, 0.6) is 0 Å². The Labute approximate surface area is 209 Å². The SMILES string of the molecule is CCCCCCCCCCCCOC(=O)[C@@H](O)[C@@H](O)C(=O)OCCCCCCCCCCCC. The highest BCUT2D eigenvalue weighted by atomic mass is 16.6. The zero-order chi connectivity index (χ0) is 25.3. The van der Waals surface area contributed by atoms with Crippen LogP contribution in [0.2, 0.25) is 0 Å². The monoisotopic (exact) mass is 486 g/mol. The van der Waals surface area contributed by atoms with Gasteiger partial charge in [-0.1, -0.05) is 129 Å². The van der Waals surface area contributed by atoms with Gasteiger partial charge in [0.25, 0.3) is 0 Å². The molecule has 0 aliphatic heterocycles. The van der Waals surface area contributed by atoms with Gasteiger partial charge in [0.2, 0.25) is 0 Å². The van der Waals surface area contributed by atoms with Gasteiger partial charge in [-0.15, -0.1) is 0 Å². The summed E-state index contributed by atoms with van der Waals surface area (Å²) < 4.78 is 10.0. The molecule has 0 amide bonds. The summed E-state index contributed by atoms with van der Waals surface area (Å²) in [5.74, 6) is -1.95. The molecule has 0 aliphatic carbocycles. The van der Waals surface area contributed by atoms with Crippen LogP contribution in [-0.2, 0) is 19.1 Å². The van der Waals surface area contributed by atoms with Crippen molar-refractivity contribution in [2.75, 3.05) is 13.2 Å². The molecule has 0 rings (SSSR count). The first-order valence-electron chi connectivity index (χ1n) is 14.2. The topological polar surface area (TPSA) is 93.1 Å². The molecule has 0 aromatic heterocycles. The number of hydrogen-bond donors (Lipinski definition) is 2. The third-order valence-corrected chi connectivity index (χ3v) is 6.27. The summed E-state index contributed by atoms with van der Waals surface area (Å²) in [6.45, 7) is 4.82. The molecule has 0 saturated carbocycles. The molecule has 0 unspecified atom stereocenters. The van der Waals surface area contributed by atoms with E-state index in [1.165, 1.54) is 89.9 Å². The smallest absolute Gasteiger partial charge is 0.338 e. The second kappa shape index (κ2) is 25.0. The van der Waals surface area contributed by atoms with Gasteiger partial charge in [0, 0.05) is 0 Å². The van der Waals surface area contributed by atoms with Crippen molar-refractivity contribution in [3.8, 4) is 0 Å². The number of aliphatic hydroxyl groups excluding tert-OH is 2. The van der Waals surface area contributed by atoms with E-state index < -0.39 is 24.1 Å². The van der Waals surface area contributed by atoms with E-state index in [9.17, 15) is 19.8 Å². The molecule has 0 radical (unpaired) electrons. The van der Waals surface area contributed by atoms with E-state index in [2.05, 4.69) is 13.8 Å². The van der Waals surface area contributed by atoms with E-state index in [4.69, 9.17) is 9.47 Å². The Hall–Kier alpha value is -1.14. The highest BCUT2D eigenvalue weighted by Crippen LogP contribution is 2.12. The fourth-order valence-electron chi connectivity index (χ4n) is 3.95. The molecule has 0 aliphatic rings. The zero-order valence-electron chi connectivity index (χ0n) is 22.2. The van der Waals surface area contributed by atoms with Gasteiger partial charge in [-0.25, -0.2) is 9.59 Å². The first-order valence-corrected chi connectivity index (χ1v) is 14.2. The second-order valence-electron chi connectivity index (χ2n) is 9.59. The average molecular weight is 487 g/mol. The lowest BCUT2D eigenvalue weighted by atomic mass is 10.1. The van der Waals surface area contributed by atoms with E-state index in [0.717, 1.165) is 25.7 Å². The van der Waals surface area contributed by atoms with Gasteiger partial charge >= 0.3 is 11.9 Å². The fourth-order valence-corrected chi connectivity index (χ4v) is 3.95. The van der Waals surface area contributed by atoms with E-state index in [1.807, 2.05) is 0 Å². The number of aliphatic hydroxyl groups is 2. The number of esters is 2. The Bertz CT molecular complexity index is 426. The van der Waals surface area contributed by atoms with Crippen molar-refractivity contribution < 1.29 is 29.3 Å². The van der Waals surface area contributed by atoms with Crippen LogP contribution in [0.3, 0.4) is 0 Å². The molecular weight excluding hydrogens is 432 g/mol. The van der Waals surface area contributed by atoms with Crippen LogP contribution in [0.15, 0.2) is 0 Å². The van der Waals surface area contributed by atoms with Crippen LogP contribution in [0.25, 0.3) is 0 Å². The predicted molar refractivity (Wildman–Crippen MR) is 138 cm³/mol. The Morgan fingerprint density at radius 1 is 0.471 bits per heavy atom. The van der Waals surface area contributed by atoms with Gasteiger partial charge in [-0.2, -0.15) is 0 Å². The molecule has 0 spiro atoms. The first kappa shape index (κ1) is 32.9. The van der Waals surface area contributed by atoms with Gasteiger partial charge < -0.3 is 19.7 Å². The summed E-state index contributed by atoms with van der Waals surface area (Å²) in [5, 5.41) is 19.7. The molecule has 202 valence electrons. The molecule has 2 atom stereocenters. The fraction of sp³-hybridized carbons (Fsp3) is 0.929. The lowest BCUT2D eigenvalue weighted by molar-refractivity contribution is -0.173. The van der Waals surface area contributed by atoms with E-state index in [1.54, 1.807) is 0 Å². The van der Waals surface area contributed by atoms with Crippen molar-refractivity contribution in [2.24, 2.45) is 0 Å². The van der Waals surface area contributed by atoms with E-state index >= 15 is 0 Å². The lowest BCUT2D eigenvalue weighted by Crippen LogP contribution is -2.41. The molecule has 0 aromatic carbocycles. The average Bonchev–Trinajstić information content (AvgIpc) is 2.84. The molecule has 6 heteroatoms. The molecule has 6 nitrogen and oxygen atoms in total. The Morgan fingerprint density at radius 2 is 0.706 bits per heavy atom. The highest BCUT2D eigenvalue weighted by Gasteiger charge is 2.32. The van der Waals surface area contributed by atoms with Crippen molar-refractivity contribution in [1.82, 2.24) is 0 Å². The molecule has 0 fully saturated rings. The van der Waals surface area contributed by atoms with Crippen molar-refractivity contribution in [2.45, 2.75) is 154 Å². The van der Waals surface area contributed by atoms with E-state index in [-0.39, 0.29) is 13.2 Å². The van der Waals surface area contributed by atoms with Crippen molar-refractivity contribution in [3.05, 3.63) is 0 Å². The molecule has 34 heavy (non-hydrogen) atoms.